The van der Waals surface area contributed by atoms with E-state index in [1.54, 1.807) is 0 Å². The van der Waals surface area contributed by atoms with Gasteiger partial charge in [-0.15, -0.1) is 0 Å². The molecule has 10 nitrogen and oxygen atoms in total. The zero-order chi connectivity index (χ0) is 17.8. The molecule has 26 heavy (non-hydrogen) atoms. The minimum Gasteiger partial charge on any atom is -0.391 e. The van der Waals surface area contributed by atoms with Gasteiger partial charge in [0, 0.05) is 0 Å². The molecule has 8 fully saturated rings. The maximum Gasteiger partial charge on any atom is 0.139 e. The standard InChI is InChI=1S/2C8H17N4O/c2*13-2-1-12-6-9-3-10(7-12)5-11(4-9)8-12/h2*13H,1-8H2/q2*+1. The first kappa shape index (κ1) is 17.7. The molecule has 8 aliphatic heterocycles. The van der Waals surface area contributed by atoms with Gasteiger partial charge in [0.05, 0.1) is 53.2 Å². The van der Waals surface area contributed by atoms with Crippen molar-refractivity contribution in [3.63, 3.8) is 0 Å². The maximum atomic E-state index is 9.06. The largest absolute Gasteiger partial charge is 0.391 e. The number of rotatable bonds is 4. The van der Waals surface area contributed by atoms with E-state index >= 15 is 0 Å². The van der Waals surface area contributed by atoms with Gasteiger partial charge in [0.15, 0.2) is 0 Å². The molecule has 0 radical (unpaired) electrons. The molecule has 0 aromatic heterocycles. The third kappa shape index (κ3) is 3.18. The Balaban J connectivity index is 0.000000115. The monoisotopic (exact) mass is 370 g/mol. The first-order valence-electron chi connectivity index (χ1n) is 9.85. The lowest BCUT2D eigenvalue weighted by atomic mass is 10.3. The highest BCUT2D eigenvalue weighted by atomic mass is 16.3. The first-order valence-corrected chi connectivity index (χ1v) is 9.85. The van der Waals surface area contributed by atoms with Crippen LogP contribution in [0.2, 0.25) is 0 Å². The van der Waals surface area contributed by atoms with E-state index in [2.05, 4.69) is 29.4 Å². The van der Waals surface area contributed by atoms with E-state index in [0.717, 1.165) is 102 Å². The molecule has 0 aromatic carbocycles. The smallest absolute Gasteiger partial charge is 0.139 e. The molecule has 0 unspecified atom stereocenters. The van der Waals surface area contributed by atoms with Crippen molar-refractivity contribution in [3.05, 3.63) is 0 Å². The fraction of sp³-hybridized carbons (Fsp3) is 1.00. The molecule has 0 saturated carbocycles. The number of hydrogen-bond donors (Lipinski definition) is 2. The molecule has 148 valence electrons. The minimum atomic E-state index is 0.315. The summed E-state index contributed by atoms with van der Waals surface area (Å²) in [7, 11) is 0. The highest BCUT2D eigenvalue weighted by Crippen LogP contribution is 2.28. The fourth-order valence-corrected chi connectivity index (χ4v) is 6.16. The highest BCUT2D eigenvalue weighted by Gasteiger charge is 2.48. The van der Waals surface area contributed by atoms with Crippen LogP contribution in [0.1, 0.15) is 0 Å². The Morgan fingerprint density at radius 3 is 0.885 bits per heavy atom. The summed E-state index contributed by atoms with van der Waals surface area (Å²) in [6.07, 6.45) is 0. The van der Waals surface area contributed by atoms with Crippen LogP contribution in [0.3, 0.4) is 0 Å². The second-order valence-electron chi connectivity index (χ2n) is 9.30. The Morgan fingerprint density at radius 1 is 0.462 bits per heavy atom. The summed E-state index contributed by atoms with van der Waals surface area (Å²) >= 11 is 0. The van der Waals surface area contributed by atoms with Crippen molar-refractivity contribution in [1.29, 1.82) is 0 Å². The van der Waals surface area contributed by atoms with E-state index in [1.807, 2.05) is 0 Å². The molecule has 0 amide bonds. The third-order valence-electron chi connectivity index (χ3n) is 6.55. The van der Waals surface area contributed by atoms with Gasteiger partial charge in [-0.1, -0.05) is 0 Å². The second kappa shape index (κ2) is 6.59. The zero-order valence-corrected chi connectivity index (χ0v) is 15.8. The molecule has 8 rings (SSSR count). The van der Waals surface area contributed by atoms with E-state index in [1.165, 1.54) is 0 Å². The first-order chi connectivity index (χ1) is 12.6. The van der Waals surface area contributed by atoms with Crippen molar-refractivity contribution >= 4 is 0 Å². The number of quaternary nitrogens is 2. The maximum absolute atomic E-state index is 9.06. The summed E-state index contributed by atoms with van der Waals surface area (Å²) in [5.41, 5.74) is 0. The van der Waals surface area contributed by atoms with Crippen LogP contribution < -0.4 is 0 Å². The predicted molar refractivity (Wildman–Crippen MR) is 93.9 cm³/mol. The minimum absolute atomic E-state index is 0.315. The van der Waals surface area contributed by atoms with E-state index in [0.29, 0.717) is 13.2 Å². The third-order valence-corrected chi connectivity index (χ3v) is 6.55. The summed E-state index contributed by atoms with van der Waals surface area (Å²) in [5, 5.41) is 18.1. The lowest BCUT2D eigenvalue weighted by Gasteiger charge is -2.60. The normalized spacial score (nSPS) is 52.8. The Labute approximate surface area is 155 Å². The van der Waals surface area contributed by atoms with Crippen molar-refractivity contribution < 1.29 is 19.2 Å². The molecule has 8 heterocycles. The molecule has 0 atom stereocenters. The van der Waals surface area contributed by atoms with Crippen molar-refractivity contribution in [2.45, 2.75) is 0 Å². The van der Waals surface area contributed by atoms with Gasteiger partial charge in [-0.2, -0.15) is 0 Å². The van der Waals surface area contributed by atoms with E-state index in [-0.39, 0.29) is 0 Å². The van der Waals surface area contributed by atoms with Crippen LogP contribution in [-0.2, 0) is 0 Å². The topological polar surface area (TPSA) is 59.9 Å². The van der Waals surface area contributed by atoms with E-state index in [9.17, 15) is 0 Å². The molecule has 10 heteroatoms. The van der Waals surface area contributed by atoms with Gasteiger partial charge in [0.25, 0.3) is 0 Å². The van der Waals surface area contributed by atoms with Crippen molar-refractivity contribution in [2.75, 3.05) is 106 Å². The molecule has 8 aliphatic rings. The van der Waals surface area contributed by atoms with Crippen molar-refractivity contribution in [3.8, 4) is 0 Å². The van der Waals surface area contributed by atoms with Gasteiger partial charge in [-0.3, -0.25) is 8.97 Å². The van der Waals surface area contributed by atoms with Crippen LogP contribution >= 0.6 is 0 Å². The Morgan fingerprint density at radius 2 is 0.692 bits per heavy atom. The van der Waals surface area contributed by atoms with Crippen LogP contribution in [0.4, 0.5) is 0 Å². The molecule has 8 saturated heterocycles. The SMILES string of the molecule is OCC[N+]12CN3CN(CN(C3)C1)C2.OCC[N+]12CN3CN(CN(C3)C1)C2. The van der Waals surface area contributed by atoms with Gasteiger partial charge in [-0.05, 0) is 0 Å². The molecular weight excluding hydrogens is 336 g/mol. The molecule has 0 aliphatic carbocycles. The summed E-state index contributed by atoms with van der Waals surface area (Å²) < 4.78 is 2.10. The summed E-state index contributed by atoms with van der Waals surface area (Å²) in [5.74, 6) is 0. The number of hydrogen-bond acceptors (Lipinski definition) is 8. The second-order valence-corrected chi connectivity index (χ2v) is 9.30. The average molecular weight is 371 g/mol. The van der Waals surface area contributed by atoms with Crippen LogP contribution in [0.25, 0.3) is 0 Å². The van der Waals surface area contributed by atoms with Crippen molar-refractivity contribution in [1.82, 2.24) is 29.4 Å². The Hall–Kier alpha value is -0.400. The lowest BCUT2D eigenvalue weighted by molar-refractivity contribution is -0.980. The van der Waals surface area contributed by atoms with Crippen LogP contribution in [0, 0.1) is 0 Å². The number of nitrogens with zero attached hydrogens (tertiary/aromatic N) is 8. The molecular formula is C16H34N8O2+2. The van der Waals surface area contributed by atoms with Crippen LogP contribution in [0.15, 0.2) is 0 Å². The van der Waals surface area contributed by atoms with Crippen molar-refractivity contribution in [2.24, 2.45) is 0 Å². The summed E-state index contributed by atoms with van der Waals surface area (Å²) in [4.78, 5) is 14.8. The van der Waals surface area contributed by atoms with Gasteiger partial charge < -0.3 is 10.2 Å². The zero-order valence-electron chi connectivity index (χ0n) is 15.8. The highest BCUT2D eigenvalue weighted by molar-refractivity contribution is 4.74. The lowest BCUT2D eigenvalue weighted by Crippen LogP contribution is -2.79. The Bertz CT molecular complexity index is 416. The number of aliphatic hydroxyl groups excluding tert-OH is 2. The molecule has 0 spiro atoms. The van der Waals surface area contributed by atoms with E-state index in [4.69, 9.17) is 10.2 Å². The number of aliphatic hydroxyl groups is 2. The van der Waals surface area contributed by atoms with Crippen LogP contribution in [0.5, 0.6) is 0 Å². The fourth-order valence-electron chi connectivity index (χ4n) is 6.16. The quantitative estimate of drug-likeness (QED) is 0.507. The van der Waals surface area contributed by atoms with Crippen LogP contribution in [-0.4, -0.2) is 155 Å². The molecule has 2 N–H and O–H groups in total. The Kier molecular flexibility index (Phi) is 4.48. The molecule has 0 aromatic rings. The van der Waals surface area contributed by atoms with Gasteiger partial charge >= 0.3 is 0 Å². The predicted octanol–water partition coefficient (Wildman–Crippen LogP) is -3.03. The van der Waals surface area contributed by atoms with Gasteiger partial charge in [-0.25, -0.2) is 29.4 Å². The van der Waals surface area contributed by atoms with Gasteiger partial charge in [0.1, 0.15) is 53.1 Å². The summed E-state index contributed by atoms with van der Waals surface area (Å²) in [6, 6.07) is 0. The average Bonchev–Trinajstić information content (AvgIpc) is 2.52. The summed E-state index contributed by atoms with van der Waals surface area (Å²) in [6.45, 7) is 16.0. The molecule has 8 bridgehead atoms. The van der Waals surface area contributed by atoms with Gasteiger partial charge in [0.2, 0.25) is 0 Å². The van der Waals surface area contributed by atoms with E-state index < -0.39 is 0 Å².